The Hall–Kier alpha value is -1.23. The van der Waals surface area contributed by atoms with Gasteiger partial charge < -0.3 is 14.3 Å². The molecule has 0 aromatic carbocycles. The molecule has 0 aliphatic carbocycles. The van der Waals surface area contributed by atoms with E-state index in [-0.39, 0.29) is 24.8 Å². The number of ether oxygens (including phenoxy) is 2. The lowest BCUT2D eigenvalue weighted by atomic mass is 9.85. The minimum absolute atomic E-state index is 0.0707. The molecule has 5 heteroatoms. The van der Waals surface area contributed by atoms with Gasteiger partial charge in [-0.05, 0) is 33.6 Å². The second kappa shape index (κ2) is 9.67. The Bertz CT molecular complexity index is 311. The maximum atomic E-state index is 11.9. The van der Waals surface area contributed by atoms with Gasteiger partial charge in [-0.15, -0.1) is 0 Å². The highest BCUT2D eigenvalue weighted by Crippen LogP contribution is 2.22. The van der Waals surface area contributed by atoms with Crippen molar-refractivity contribution in [2.24, 2.45) is 11.8 Å². The summed E-state index contributed by atoms with van der Waals surface area (Å²) in [5.41, 5.74) is 0. The fraction of sp³-hybridized carbons (Fsp3) is 0.786. The molecule has 0 saturated carbocycles. The standard InChI is InChI=1S/C14H24O5/c1-5-19-14(17)13(9-18-4)12(11(3)16)8-6-7-10(2)15/h12-13H,5-9H2,1-4H3. The summed E-state index contributed by atoms with van der Waals surface area (Å²) in [6, 6.07) is 0. The van der Waals surface area contributed by atoms with Gasteiger partial charge in [-0.25, -0.2) is 0 Å². The van der Waals surface area contributed by atoms with Crippen molar-refractivity contribution < 1.29 is 23.9 Å². The highest BCUT2D eigenvalue weighted by molar-refractivity contribution is 5.85. The Balaban J connectivity index is 4.70. The number of carbonyl (C=O) groups excluding carboxylic acids is 3. The summed E-state index contributed by atoms with van der Waals surface area (Å²) in [7, 11) is 1.49. The van der Waals surface area contributed by atoms with E-state index in [1.54, 1.807) is 6.92 Å². The molecule has 0 aliphatic heterocycles. The number of Topliss-reactive ketones (excluding diaryl/α,β-unsaturated/α-hetero) is 2. The predicted molar refractivity (Wildman–Crippen MR) is 70.7 cm³/mol. The van der Waals surface area contributed by atoms with Crippen molar-refractivity contribution in [1.82, 2.24) is 0 Å². The van der Waals surface area contributed by atoms with Gasteiger partial charge in [0.2, 0.25) is 0 Å². The Morgan fingerprint density at radius 3 is 2.16 bits per heavy atom. The van der Waals surface area contributed by atoms with Gasteiger partial charge in [-0.2, -0.15) is 0 Å². The molecule has 2 unspecified atom stereocenters. The number of hydrogen-bond donors (Lipinski definition) is 0. The molecule has 0 bridgehead atoms. The number of rotatable bonds is 10. The zero-order chi connectivity index (χ0) is 14.8. The lowest BCUT2D eigenvalue weighted by Gasteiger charge is -2.22. The number of hydrogen-bond acceptors (Lipinski definition) is 5. The van der Waals surface area contributed by atoms with E-state index in [4.69, 9.17) is 9.47 Å². The Morgan fingerprint density at radius 2 is 1.74 bits per heavy atom. The Kier molecular flexibility index (Phi) is 9.04. The molecule has 0 aliphatic rings. The van der Waals surface area contributed by atoms with E-state index in [1.165, 1.54) is 21.0 Å². The van der Waals surface area contributed by atoms with Gasteiger partial charge in [0.15, 0.2) is 0 Å². The second-order valence-electron chi connectivity index (χ2n) is 4.63. The first-order chi connectivity index (χ1) is 8.93. The highest BCUT2D eigenvalue weighted by Gasteiger charge is 2.32. The zero-order valence-electron chi connectivity index (χ0n) is 12.2. The molecule has 0 saturated heterocycles. The first kappa shape index (κ1) is 17.8. The van der Waals surface area contributed by atoms with E-state index in [0.717, 1.165) is 0 Å². The van der Waals surface area contributed by atoms with Crippen LogP contribution < -0.4 is 0 Å². The second-order valence-corrected chi connectivity index (χ2v) is 4.63. The van der Waals surface area contributed by atoms with Crippen LogP contribution in [0, 0.1) is 11.8 Å². The van der Waals surface area contributed by atoms with Crippen LogP contribution in [-0.2, 0) is 23.9 Å². The summed E-state index contributed by atoms with van der Waals surface area (Å²) >= 11 is 0. The van der Waals surface area contributed by atoms with Crippen LogP contribution in [-0.4, -0.2) is 37.9 Å². The molecule has 0 fully saturated rings. The first-order valence-corrected chi connectivity index (χ1v) is 6.59. The average molecular weight is 272 g/mol. The number of esters is 1. The monoisotopic (exact) mass is 272 g/mol. The third kappa shape index (κ3) is 7.06. The third-order valence-corrected chi connectivity index (χ3v) is 2.99. The highest BCUT2D eigenvalue weighted by atomic mass is 16.5. The molecular formula is C14H24O5. The van der Waals surface area contributed by atoms with Crippen molar-refractivity contribution in [3.8, 4) is 0 Å². The van der Waals surface area contributed by atoms with E-state index in [9.17, 15) is 14.4 Å². The molecule has 5 nitrogen and oxygen atoms in total. The fourth-order valence-corrected chi connectivity index (χ4v) is 2.04. The van der Waals surface area contributed by atoms with Crippen molar-refractivity contribution in [2.75, 3.05) is 20.3 Å². The van der Waals surface area contributed by atoms with E-state index in [1.807, 2.05) is 0 Å². The fourth-order valence-electron chi connectivity index (χ4n) is 2.04. The van der Waals surface area contributed by atoms with Gasteiger partial charge in [0.25, 0.3) is 0 Å². The topological polar surface area (TPSA) is 69.7 Å². The van der Waals surface area contributed by atoms with Crippen molar-refractivity contribution in [3.63, 3.8) is 0 Å². The molecule has 2 atom stereocenters. The lowest BCUT2D eigenvalue weighted by molar-refractivity contribution is -0.154. The van der Waals surface area contributed by atoms with Crippen LogP contribution in [0.25, 0.3) is 0 Å². The van der Waals surface area contributed by atoms with Gasteiger partial charge in [0, 0.05) is 19.4 Å². The molecule has 0 heterocycles. The molecular weight excluding hydrogens is 248 g/mol. The van der Waals surface area contributed by atoms with Crippen LogP contribution in [0.15, 0.2) is 0 Å². The minimum Gasteiger partial charge on any atom is -0.466 e. The largest absolute Gasteiger partial charge is 0.466 e. The van der Waals surface area contributed by atoms with Crippen LogP contribution in [0.4, 0.5) is 0 Å². The smallest absolute Gasteiger partial charge is 0.312 e. The average Bonchev–Trinajstić information content (AvgIpc) is 2.32. The van der Waals surface area contributed by atoms with Gasteiger partial charge in [-0.1, -0.05) is 0 Å². The van der Waals surface area contributed by atoms with Crippen LogP contribution in [0.3, 0.4) is 0 Å². The maximum absolute atomic E-state index is 11.9. The molecule has 0 N–H and O–H groups in total. The van der Waals surface area contributed by atoms with Gasteiger partial charge in [-0.3, -0.25) is 9.59 Å². The van der Waals surface area contributed by atoms with Crippen LogP contribution in [0.2, 0.25) is 0 Å². The Labute approximate surface area is 114 Å². The normalized spacial score (nSPS) is 13.7. The first-order valence-electron chi connectivity index (χ1n) is 6.59. The summed E-state index contributed by atoms with van der Waals surface area (Å²) in [6.45, 7) is 5.13. The molecule has 0 radical (unpaired) electrons. The molecule has 0 amide bonds. The van der Waals surface area contributed by atoms with E-state index < -0.39 is 17.8 Å². The molecule has 0 rings (SSSR count). The minimum atomic E-state index is -0.589. The molecule has 110 valence electrons. The number of ketones is 2. The summed E-state index contributed by atoms with van der Waals surface area (Å²) < 4.78 is 9.99. The number of carbonyl (C=O) groups is 3. The van der Waals surface area contributed by atoms with Crippen LogP contribution >= 0.6 is 0 Å². The van der Waals surface area contributed by atoms with E-state index >= 15 is 0 Å². The van der Waals surface area contributed by atoms with E-state index in [2.05, 4.69) is 0 Å². The number of methoxy groups -OCH3 is 1. The van der Waals surface area contributed by atoms with Crippen LogP contribution in [0.5, 0.6) is 0 Å². The van der Waals surface area contributed by atoms with Gasteiger partial charge in [0.1, 0.15) is 11.6 Å². The van der Waals surface area contributed by atoms with Crippen LogP contribution in [0.1, 0.15) is 40.0 Å². The summed E-state index contributed by atoms with van der Waals surface area (Å²) in [6.07, 6.45) is 1.52. The SMILES string of the molecule is CCOC(=O)C(COC)C(CCCC(C)=O)C(C)=O. The molecule has 19 heavy (non-hydrogen) atoms. The van der Waals surface area contributed by atoms with Crippen molar-refractivity contribution in [2.45, 2.75) is 40.0 Å². The quantitative estimate of drug-likeness (QED) is 0.567. The lowest BCUT2D eigenvalue weighted by Crippen LogP contribution is -2.33. The summed E-state index contributed by atoms with van der Waals surface area (Å²) in [5.74, 6) is -1.43. The zero-order valence-corrected chi connectivity index (χ0v) is 12.2. The third-order valence-electron chi connectivity index (χ3n) is 2.99. The van der Waals surface area contributed by atoms with Gasteiger partial charge in [0.05, 0.1) is 19.1 Å². The molecule has 0 aromatic heterocycles. The van der Waals surface area contributed by atoms with Gasteiger partial charge >= 0.3 is 5.97 Å². The maximum Gasteiger partial charge on any atom is 0.312 e. The van der Waals surface area contributed by atoms with Crippen molar-refractivity contribution in [1.29, 1.82) is 0 Å². The predicted octanol–water partition coefficient (Wildman–Crippen LogP) is 1.78. The molecule has 0 spiro atoms. The molecule has 0 aromatic rings. The van der Waals surface area contributed by atoms with Crippen molar-refractivity contribution in [3.05, 3.63) is 0 Å². The summed E-state index contributed by atoms with van der Waals surface area (Å²) in [4.78, 5) is 34.5. The van der Waals surface area contributed by atoms with E-state index in [0.29, 0.717) is 19.3 Å². The summed E-state index contributed by atoms with van der Waals surface area (Å²) in [5, 5.41) is 0. The Morgan fingerprint density at radius 1 is 1.11 bits per heavy atom. The van der Waals surface area contributed by atoms with Crippen molar-refractivity contribution >= 4 is 17.5 Å².